The maximum atomic E-state index is 7.29. The summed E-state index contributed by atoms with van der Waals surface area (Å²) in [6.07, 6.45) is 8.19. The Morgan fingerprint density at radius 3 is 1.55 bits per heavy atom. The predicted octanol–water partition coefficient (Wildman–Crippen LogP) is 18.1. The molecule has 8 aromatic carbocycles. The molecule has 5 nitrogen and oxygen atoms in total. The van der Waals surface area contributed by atoms with Crippen LogP contribution in [0, 0.1) is 6.33 Å². The van der Waals surface area contributed by atoms with Gasteiger partial charge in [0.05, 0.1) is 28.1 Å². The van der Waals surface area contributed by atoms with Gasteiger partial charge in [0.25, 0.3) is 6.33 Å². The first-order valence-electron chi connectivity index (χ1n) is 27.5. The standard InChI is InChI=1S/C73H72N4O/c1-69(2,3)55-37-38-74-67(44-55)77-64-36-26-25-35-62(64)68-63(70(4,5)6)46-61(47-65(68)77)78-60-40-51(50-27-17-13-18-28-50)39-58(45-60)75-48-66(73(11,12)54-33-23-16-24-34-54)76(49-75)59-42-56(71(7,8)52-29-19-14-20-30-52)41-57(43-59)72(9,10)53-31-21-15-22-32-53/h13-48H,1-12H3. The second-order valence-corrected chi connectivity index (χ2v) is 24.9. The topological polar surface area (TPSA) is 35.9 Å². The van der Waals surface area contributed by atoms with Gasteiger partial charge in [0.2, 0.25) is 0 Å². The lowest BCUT2D eigenvalue weighted by molar-refractivity contribution is -0.611. The van der Waals surface area contributed by atoms with E-state index in [4.69, 9.17) is 9.72 Å². The molecule has 0 aliphatic heterocycles. The Morgan fingerprint density at radius 1 is 0.436 bits per heavy atom. The second-order valence-electron chi connectivity index (χ2n) is 24.9. The van der Waals surface area contributed by atoms with Gasteiger partial charge in [-0.15, -0.1) is 0 Å². The van der Waals surface area contributed by atoms with Gasteiger partial charge in [0.15, 0.2) is 0 Å². The van der Waals surface area contributed by atoms with E-state index in [9.17, 15) is 0 Å². The van der Waals surface area contributed by atoms with Gasteiger partial charge in [-0.1, -0.05) is 229 Å². The van der Waals surface area contributed by atoms with Gasteiger partial charge in [-0.25, -0.2) is 4.98 Å². The molecule has 0 unspecified atom stereocenters. The number of hydrogen-bond donors (Lipinski definition) is 0. The van der Waals surface area contributed by atoms with Crippen LogP contribution in [0.1, 0.15) is 128 Å². The van der Waals surface area contributed by atoms with Crippen LogP contribution < -0.4 is 9.30 Å². The van der Waals surface area contributed by atoms with Crippen molar-refractivity contribution >= 4 is 21.8 Å². The van der Waals surface area contributed by atoms with E-state index in [-0.39, 0.29) is 21.7 Å². The molecule has 3 heterocycles. The van der Waals surface area contributed by atoms with E-state index < -0.39 is 5.41 Å². The quantitative estimate of drug-likeness (QED) is 0.0903. The monoisotopic (exact) mass is 1020 g/mol. The Balaban J connectivity index is 1.13. The number of benzene rings is 8. The molecule has 390 valence electrons. The molecule has 5 heteroatoms. The van der Waals surface area contributed by atoms with E-state index in [1.807, 2.05) is 6.20 Å². The van der Waals surface area contributed by atoms with E-state index >= 15 is 0 Å². The van der Waals surface area contributed by atoms with Gasteiger partial charge in [0, 0.05) is 45.5 Å². The van der Waals surface area contributed by atoms with Crippen LogP contribution in [0.25, 0.3) is 50.1 Å². The molecule has 0 aliphatic rings. The number of ether oxygens (including phenoxy) is 1. The molecule has 11 rings (SSSR count). The highest BCUT2D eigenvalue weighted by molar-refractivity contribution is 6.11. The first-order valence-corrected chi connectivity index (χ1v) is 27.5. The summed E-state index contributed by atoms with van der Waals surface area (Å²) >= 11 is 0. The van der Waals surface area contributed by atoms with Gasteiger partial charge in [-0.2, -0.15) is 0 Å². The van der Waals surface area contributed by atoms with Crippen molar-refractivity contribution in [3.05, 3.63) is 270 Å². The van der Waals surface area contributed by atoms with Crippen molar-refractivity contribution in [2.75, 3.05) is 0 Å². The third kappa shape index (κ3) is 9.65. The fourth-order valence-corrected chi connectivity index (χ4v) is 11.3. The largest absolute Gasteiger partial charge is 0.458 e. The first-order chi connectivity index (χ1) is 37.2. The number of imidazole rings is 1. The summed E-state index contributed by atoms with van der Waals surface area (Å²) in [6, 6.07) is 74.6. The van der Waals surface area contributed by atoms with Crippen molar-refractivity contribution in [3.63, 3.8) is 0 Å². The minimum Gasteiger partial charge on any atom is -0.458 e. The maximum Gasteiger partial charge on any atom is 0.269 e. The molecule has 11 aromatic rings. The first kappa shape index (κ1) is 51.8. The zero-order valence-electron chi connectivity index (χ0n) is 47.5. The Kier molecular flexibility index (Phi) is 13.0. The molecule has 78 heavy (non-hydrogen) atoms. The van der Waals surface area contributed by atoms with E-state index in [2.05, 4.69) is 316 Å². The Hall–Kier alpha value is -8.28. The number of rotatable bonds is 12. The number of hydrogen-bond acceptors (Lipinski definition) is 2. The van der Waals surface area contributed by atoms with Crippen LogP contribution in [-0.2, 0) is 27.1 Å². The van der Waals surface area contributed by atoms with Crippen molar-refractivity contribution < 1.29 is 9.30 Å². The normalized spacial score (nSPS) is 12.6. The van der Waals surface area contributed by atoms with Gasteiger partial charge in [-0.05, 0) is 115 Å². The summed E-state index contributed by atoms with van der Waals surface area (Å²) in [5, 5.41) is 2.40. The van der Waals surface area contributed by atoms with Crippen LogP contribution in [0.15, 0.2) is 219 Å². The molecule has 3 aromatic heterocycles. The molecule has 0 fully saturated rings. The molecule has 0 bridgehead atoms. The van der Waals surface area contributed by atoms with Crippen LogP contribution in [-0.4, -0.2) is 14.1 Å². The van der Waals surface area contributed by atoms with Crippen LogP contribution in [0.4, 0.5) is 0 Å². The SMILES string of the molecule is CC(C)(C)c1ccnc(-n2c3ccccc3c3c(C(C)(C)C)cc(Oc4cc(-c5ccccc5)cc(-n5[c-][n+](-c6cc(C(C)(C)c7ccccc7)cc(C(C)(C)c7ccccc7)c6)c(C(C)(C)c6ccccc6)c5)c4)cc32)c1. The molecule has 0 N–H and O–H groups in total. The maximum absolute atomic E-state index is 7.29. The van der Waals surface area contributed by atoms with E-state index in [0.717, 1.165) is 56.5 Å². The van der Waals surface area contributed by atoms with Crippen LogP contribution in [0.3, 0.4) is 0 Å². The Morgan fingerprint density at radius 2 is 0.974 bits per heavy atom. The van der Waals surface area contributed by atoms with Gasteiger partial charge < -0.3 is 4.74 Å². The summed E-state index contributed by atoms with van der Waals surface area (Å²) in [4.78, 5) is 5.03. The number of pyridine rings is 1. The summed E-state index contributed by atoms with van der Waals surface area (Å²) in [5.41, 5.74) is 14.6. The summed E-state index contributed by atoms with van der Waals surface area (Å²) in [6.45, 7) is 27.7. The lowest BCUT2D eigenvalue weighted by atomic mass is 9.73. The molecular weight excluding hydrogens is 949 g/mol. The van der Waals surface area contributed by atoms with Gasteiger partial charge >= 0.3 is 0 Å². The highest BCUT2D eigenvalue weighted by atomic mass is 16.5. The second kappa shape index (κ2) is 19.6. The number of fused-ring (bicyclic) bond motifs is 3. The summed E-state index contributed by atoms with van der Waals surface area (Å²) < 4.78 is 14.1. The average molecular weight is 1020 g/mol. The minimum atomic E-state index is -0.447. The lowest BCUT2D eigenvalue weighted by Crippen LogP contribution is -2.41. The molecule has 0 saturated carbocycles. The van der Waals surface area contributed by atoms with Gasteiger partial charge in [0.1, 0.15) is 17.3 Å². The molecule has 0 saturated heterocycles. The zero-order chi connectivity index (χ0) is 54.8. The average Bonchev–Trinajstić information content (AvgIpc) is 4.13. The summed E-state index contributed by atoms with van der Waals surface area (Å²) in [5.74, 6) is 2.36. The van der Waals surface area contributed by atoms with Gasteiger partial charge in [-0.3, -0.25) is 13.7 Å². The number of para-hydroxylation sites is 1. The zero-order valence-corrected chi connectivity index (χ0v) is 47.5. The molecule has 0 amide bonds. The molecular formula is C73H72N4O. The van der Waals surface area contributed by atoms with Crippen molar-refractivity contribution in [3.8, 4) is 39.8 Å². The minimum absolute atomic E-state index is 0.0528. The highest BCUT2D eigenvalue weighted by Crippen LogP contribution is 2.44. The molecule has 0 atom stereocenters. The number of nitrogens with zero attached hydrogens (tertiary/aromatic N) is 4. The van der Waals surface area contributed by atoms with E-state index in [1.54, 1.807) is 0 Å². The lowest BCUT2D eigenvalue weighted by Gasteiger charge is -2.33. The third-order valence-electron chi connectivity index (χ3n) is 16.4. The van der Waals surface area contributed by atoms with Crippen molar-refractivity contribution in [2.24, 2.45) is 0 Å². The van der Waals surface area contributed by atoms with Crippen molar-refractivity contribution in [2.45, 2.75) is 110 Å². The molecule has 0 radical (unpaired) electrons. The van der Waals surface area contributed by atoms with E-state index in [0.29, 0.717) is 0 Å². The van der Waals surface area contributed by atoms with Crippen molar-refractivity contribution in [1.29, 1.82) is 0 Å². The fourth-order valence-electron chi connectivity index (χ4n) is 11.3. The number of aromatic nitrogens is 4. The Labute approximate surface area is 462 Å². The van der Waals surface area contributed by atoms with Crippen molar-refractivity contribution in [1.82, 2.24) is 14.1 Å². The highest BCUT2D eigenvalue weighted by Gasteiger charge is 2.33. The van der Waals surface area contributed by atoms with Crippen LogP contribution >= 0.6 is 0 Å². The Bertz CT molecular complexity index is 3890. The van der Waals surface area contributed by atoms with Crippen LogP contribution in [0.2, 0.25) is 0 Å². The smallest absolute Gasteiger partial charge is 0.269 e. The van der Waals surface area contributed by atoms with Crippen LogP contribution in [0.5, 0.6) is 11.5 Å². The third-order valence-corrected chi connectivity index (χ3v) is 16.4. The van der Waals surface area contributed by atoms with E-state index in [1.165, 1.54) is 49.7 Å². The summed E-state index contributed by atoms with van der Waals surface area (Å²) in [7, 11) is 0. The molecule has 0 aliphatic carbocycles. The molecule has 0 spiro atoms. The fraction of sp³-hybridized carbons (Fsp3) is 0.233. The predicted molar refractivity (Wildman–Crippen MR) is 323 cm³/mol.